The molecule has 1 atom stereocenters. The van der Waals surface area contributed by atoms with Gasteiger partial charge in [0.2, 0.25) is 5.91 Å². The summed E-state index contributed by atoms with van der Waals surface area (Å²) in [5.41, 5.74) is 2.02. The number of nitrogens with zero attached hydrogens (tertiary/aromatic N) is 6. The van der Waals surface area contributed by atoms with Crippen LogP contribution in [0.2, 0.25) is 0 Å². The molecule has 0 unspecified atom stereocenters. The van der Waals surface area contributed by atoms with Crippen LogP contribution in [-0.4, -0.2) is 39.2 Å². The van der Waals surface area contributed by atoms with Crippen LogP contribution in [0, 0.1) is 5.92 Å². The lowest BCUT2D eigenvalue weighted by molar-refractivity contribution is -0.116. The third-order valence-electron chi connectivity index (χ3n) is 4.29. The molecule has 7 nitrogen and oxygen atoms in total. The van der Waals surface area contributed by atoms with E-state index in [0.29, 0.717) is 12.5 Å². The van der Waals surface area contributed by atoms with E-state index in [4.69, 9.17) is 0 Å². The molecule has 1 amide bonds. The summed E-state index contributed by atoms with van der Waals surface area (Å²) >= 11 is 0. The molecule has 0 saturated heterocycles. The molecule has 128 valence electrons. The number of hydrogen-bond acceptors (Lipinski definition) is 5. The predicted molar refractivity (Wildman–Crippen MR) is 92.8 cm³/mol. The number of rotatable bonds is 4. The number of hydrogen-bond donors (Lipinski definition) is 0. The molecule has 0 spiro atoms. The van der Waals surface area contributed by atoms with Crippen molar-refractivity contribution >= 4 is 17.3 Å². The Bertz CT molecular complexity index is 713. The SMILES string of the molecule is CCCn1nnnc1CN1C[C@@H](C)CN(C(C)=O)c2ccccc21. The molecule has 0 saturated carbocycles. The second kappa shape index (κ2) is 6.98. The average molecular weight is 328 g/mol. The molecular weight excluding hydrogens is 304 g/mol. The number of para-hydroxylation sites is 2. The second-order valence-electron chi connectivity index (χ2n) is 6.42. The number of fused-ring (bicyclic) bond motifs is 1. The second-order valence-corrected chi connectivity index (χ2v) is 6.42. The molecule has 0 bridgehead atoms. The third kappa shape index (κ3) is 3.25. The zero-order valence-electron chi connectivity index (χ0n) is 14.5. The average Bonchev–Trinajstić information content (AvgIpc) is 2.93. The van der Waals surface area contributed by atoms with Crippen LogP contribution >= 0.6 is 0 Å². The molecule has 0 fully saturated rings. The summed E-state index contributed by atoms with van der Waals surface area (Å²) < 4.78 is 1.86. The Morgan fingerprint density at radius 3 is 2.71 bits per heavy atom. The van der Waals surface area contributed by atoms with Gasteiger partial charge >= 0.3 is 0 Å². The molecule has 1 aliphatic rings. The zero-order valence-corrected chi connectivity index (χ0v) is 14.5. The molecule has 3 rings (SSSR count). The maximum absolute atomic E-state index is 12.1. The van der Waals surface area contributed by atoms with Crippen LogP contribution in [-0.2, 0) is 17.9 Å². The van der Waals surface area contributed by atoms with E-state index in [2.05, 4.69) is 40.3 Å². The van der Waals surface area contributed by atoms with Crippen molar-refractivity contribution in [3.8, 4) is 0 Å². The first kappa shape index (κ1) is 16.4. The van der Waals surface area contributed by atoms with Crippen LogP contribution in [0.25, 0.3) is 0 Å². The smallest absolute Gasteiger partial charge is 0.223 e. The first-order valence-electron chi connectivity index (χ1n) is 8.47. The van der Waals surface area contributed by atoms with E-state index in [9.17, 15) is 4.79 Å². The third-order valence-corrected chi connectivity index (χ3v) is 4.29. The molecule has 24 heavy (non-hydrogen) atoms. The highest BCUT2D eigenvalue weighted by Crippen LogP contribution is 2.34. The fourth-order valence-electron chi connectivity index (χ4n) is 3.24. The van der Waals surface area contributed by atoms with Crippen LogP contribution in [0.4, 0.5) is 11.4 Å². The lowest BCUT2D eigenvalue weighted by Gasteiger charge is -2.26. The summed E-state index contributed by atoms with van der Waals surface area (Å²) in [6, 6.07) is 8.06. The zero-order chi connectivity index (χ0) is 17.1. The van der Waals surface area contributed by atoms with Gasteiger partial charge in [0.25, 0.3) is 0 Å². The minimum Gasteiger partial charge on any atom is -0.362 e. The van der Waals surface area contributed by atoms with Crippen molar-refractivity contribution < 1.29 is 4.79 Å². The Morgan fingerprint density at radius 2 is 2.00 bits per heavy atom. The molecule has 2 heterocycles. The van der Waals surface area contributed by atoms with Gasteiger partial charge in [-0.2, -0.15) is 0 Å². The topological polar surface area (TPSA) is 67.2 Å². The highest BCUT2D eigenvalue weighted by atomic mass is 16.2. The standard InChI is InChI=1S/C17H24N6O/c1-4-9-23-17(18-19-20-23)12-21-10-13(2)11-22(14(3)24)16-8-6-5-7-15(16)21/h5-8,13H,4,9-12H2,1-3H3/t13-/m1/s1. The summed E-state index contributed by atoms with van der Waals surface area (Å²) in [6.07, 6.45) is 0.989. The van der Waals surface area contributed by atoms with Gasteiger partial charge in [-0.05, 0) is 34.9 Å². The number of anilines is 2. The van der Waals surface area contributed by atoms with Gasteiger partial charge in [-0.25, -0.2) is 4.68 Å². The van der Waals surface area contributed by atoms with Crippen molar-refractivity contribution in [1.82, 2.24) is 20.2 Å². The summed E-state index contributed by atoms with van der Waals surface area (Å²) in [5, 5.41) is 12.1. The molecule has 1 aromatic carbocycles. The summed E-state index contributed by atoms with van der Waals surface area (Å²) in [6.45, 7) is 8.94. The van der Waals surface area contributed by atoms with E-state index >= 15 is 0 Å². The Labute approximate surface area is 142 Å². The lowest BCUT2D eigenvalue weighted by Crippen LogP contribution is -2.33. The number of aryl methyl sites for hydroxylation is 1. The number of aromatic nitrogens is 4. The summed E-state index contributed by atoms with van der Waals surface area (Å²) in [7, 11) is 0. The van der Waals surface area contributed by atoms with Crippen LogP contribution in [0.5, 0.6) is 0 Å². The first-order valence-corrected chi connectivity index (χ1v) is 8.47. The van der Waals surface area contributed by atoms with E-state index in [1.54, 1.807) is 6.92 Å². The monoisotopic (exact) mass is 328 g/mol. The van der Waals surface area contributed by atoms with Gasteiger partial charge in [-0.3, -0.25) is 4.79 Å². The molecule has 7 heteroatoms. The Morgan fingerprint density at radius 1 is 1.25 bits per heavy atom. The van der Waals surface area contributed by atoms with Gasteiger partial charge in [-0.1, -0.05) is 26.0 Å². The summed E-state index contributed by atoms with van der Waals surface area (Å²) in [4.78, 5) is 16.2. The van der Waals surface area contributed by atoms with Gasteiger partial charge in [0.15, 0.2) is 5.82 Å². The Kier molecular flexibility index (Phi) is 4.78. The maximum atomic E-state index is 12.1. The molecule has 0 radical (unpaired) electrons. The van der Waals surface area contributed by atoms with Crippen molar-refractivity contribution in [3.05, 3.63) is 30.1 Å². The van der Waals surface area contributed by atoms with Crippen molar-refractivity contribution in [3.63, 3.8) is 0 Å². The normalized spacial score (nSPS) is 17.5. The number of carbonyl (C=O) groups excluding carboxylic acids is 1. The van der Waals surface area contributed by atoms with E-state index in [0.717, 1.165) is 43.3 Å². The van der Waals surface area contributed by atoms with Gasteiger partial charge < -0.3 is 9.80 Å². The largest absolute Gasteiger partial charge is 0.362 e. The van der Waals surface area contributed by atoms with Crippen LogP contribution in [0.1, 0.15) is 33.0 Å². The molecule has 1 aromatic heterocycles. The Balaban J connectivity index is 1.95. The quantitative estimate of drug-likeness (QED) is 0.860. The van der Waals surface area contributed by atoms with Crippen molar-refractivity contribution in [1.29, 1.82) is 0 Å². The molecular formula is C17H24N6O. The number of amides is 1. The van der Waals surface area contributed by atoms with Crippen LogP contribution in [0.15, 0.2) is 24.3 Å². The van der Waals surface area contributed by atoms with E-state index in [1.165, 1.54) is 0 Å². The summed E-state index contributed by atoms with van der Waals surface area (Å²) in [5.74, 6) is 1.29. The van der Waals surface area contributed by atoms with Crippen molar-refractivity contribution in [2.45, 2.75) is 40.3 Å². The van der Waals surface area contributed by atoms with Gasteiger partial charge in [-0.15, -0.1) is 5.10 Å². The number of tetrazole rings is 1. The minimum atomic E-state index is 0.0759. The molecule has 0 N–H and O–H groups in total. The van der Waals surface area contributed by atoms with Crippen molar-refractivity contribution in [2.24, 2.45) is 5.92 Å². The van der Waals surface area contributed by atoms with Crippen LogP contribution < -0.4 is 9.80 Å². The maximum Gasteiger partial charge on any atom is 0.223 e. The van der Waals surface area contributed by atoms with Crippen molar-refractivity contribution in [2.75, 3.05) is 22.9 Å². The van der Waals surface area contributed by atoms with Gasteiger partial charge in [0, 0.05) is 26.6 Å². The fourth-order valence-corrected chi connectivity index (χ4v) is 3.24. The lowest BCUT2D eigenvalue weighted by atomic mass is 10.1. The fraction of sp³-hybridized carbons (Fsp3) is 0.529. The first-order chi connectivity index (χ1) is 11.6. The minimum absolute atomic E-state index is 0.0759. The predicted octanol–water partition coefficient (Wildman–Crippen LogP) is 2.09. The van der Waals surface area contributed by atoms with E-state index < -0.39 is 0 Å². The number of carbonyl (C=O) groups is 1. The van der Waals surface area contributed by atoms with E-state index in [1.807, 2.05) is 27.8 Å². The van der Waals surface area contributed by atoms with Gasteiger partial charge in [0.1, 0.15) is 0 Å². The highest BCUT2D eigenvalue weighted by Gasteiger charge is 2.27. The number of benzene rings is 1. The Hall–Kier alpha value is -2.44. The molecule has 0 aliphatic carbocycles. The molecule has 1 aliphatic heterocycles. The molecule has 2 aromatic rings. The highest BCUT2D eigenvalue weighted by molar-refractivity contribution is 5.95. The van der Waals surface area contributed by atoms with Gasteiger partial charge in [0.05, 0.1) is 17.9 Å². The van der Waals surface area contributed by atoms with Crippen LogP contribution in [0.3, 0.4) is 0 Å². The van der Waals surface area contributed by atoms with E-state index in [-0.39, 0.29) is 5.91 Å².